The van der Waals surface area contributed by atoms with Gasteiger partial charge in [-0.1, -0.05) is 12.8 Å². The van der Waals surface area contributed by atoms with Crippen molar-refractivity contribution in [3.63, 3.8) is 0 Å². The minimum Gasteiger partial charge on any atom is -0.312 e. The third-order valence-electron chi connectivity index (χ3n) is 4.79. The van der Waals surface area contributed by atoms with Crippen LogP contribution in [0.4, 0.5) is 0 Å². The standard InChI is InChI=1S/C16H29N3/c1-16(2,13-17)9-4-5-10-18-14-8-12-19-11-6-3-7-15(14)19/h14-15,18H,3-12H2,1-2H3. The number of piperidine rings is 1. The van der Waals surface area contributed by atoms with Gasteiger partial charge in [-0.05, 0) is 59.0 Å². The lowest BCUT2D eigenvalue weighted by atomic mass is 9.89. The van der Waals surface area contributed by atoms with E-state index in [4.69, 9.17) is 5.26 Å². The maximum Gasteiger partial charge on any atom is 0.0683 e. The normalized spacial score (nSPS) is 28.1. The molecule has 2 fully saturated rings. The topological polar surface area (TPSA) is 39.1 Å². The zero-order valence-corrected chi connectivity index (χ0v) is 12.6. The molecule has 2 unspecified atom stereocenters. The average Bonchev–Trinajstić information content (AvgIpc) is 2.82. The summed E-state index contributed by atoms with van der Waals surface area (Å²) < 4.78 is 0. The van der Waals surface area contributed by atoms with E-state index in [1.807, 2.05) is 13.8 Å². The third kappa shape index (κ3) is 4.19. The molecule has 0 spiro atoms. The molecule has 0 aromatic rings. The highest BCUT2D eigenvalue weighted by Crippen LogP contribution is 2.27. The number of nitriles is 1. The van der Waals surface area contributed by atoms with Crippen molar-refractivity contribution < 1.29 is 0 Å². The average molecular weight is 263 g/mol. The van der Waals surface area contributed by atoms with Crippen molar-refractivity contribution >= 4 is 0 Å². The van der Waals surface area contributed by atoms with Crippen LogP contribution in [0.25, 0.3) is 0 Å². The van der Waals surface area contributed by atoms with E-state index < -0.39 is 0 Å². The molecular weight excluding hydrogens is 234 g/mol. The van der Waals surface area contributed by atoms with Gasteiger partial charge in [0.2, 0.25) is 0 Å². The molecule has 19 heavy (non-hydrogen) atoms. The fraction of sp³-hybridized carbons (Fsp3) is 0.938. The van der Waals surface area contributed by atoms with Crippen LogP contribution in [0, 0.1) is 16.7 Å². The summed E-state index contributed by atoms with van der Waals surface area (Å²) in [5, 5.41) is 12.7. The summed E-state index contributed by atoms with van der Waals surface area (Å²) in [6.07, 6.45) is 8.91. The van der Waals surface area contributed by atoms with Crippen LogP contribution >= 0.6 is 0 Å². The molecule has 108 valence electrons. The van der Waals surface area contributed by atoms with Gasteiger partial charge in [0.1, 0.15) is 0 Å². The number of hydrogen-bond donors (Lipinski definition) is 1. The quantitative estimate of drug-likeness (QED) is 0.749. The Kier molecular flexibility index (Phi) is 5.24. The van der Waals surface area contributed by atoms with Gasteiger partial charge in [0.15, 0.2) is 0 Å². The summed E-state index contributed by atoms with van der Waals surface area (Å²) in [7, 11) is 0. The lowest BCUT2D eigenvalue weighted by molar-refractivity contribution is 0.180. The molecule has 2 rings (SSSR count). The van der Waals surface area contributed by atoms with Crippen molar-refractivity contribution in [3.8, 4) is 6.07 Å². The van der Waals surface area contributed by atoms with Crippen molar-refractivity contribution in [2.75, 3.05) is 19.6 Å². The van der Waals surface area contributed by atoms with E-state index in [0.29, 0.717) is 0 Å². The van der Waals surface area contributed by atoms with Crippen LogP contribution in [0.3, 0.4) is 0 Å². The van der Waals surface area contributed by atoms with Crippen molar-refractivity contribution in [3.05, 3.63) is 0 Å². The van der Waals surface area contributed by atoms with Gasteiger partial charge >= 0.3 is 0 Å². The van der Waals surface area contributed by atoms with Crippen LogP contribution in [0.15, 0.2) is 0 Å². The molecule has 2 saturated heterocycles. The van der Waals surface area contributed by atoms with Crippen LogP contribution in [-0.2, 0) is 0 Å². The highest BCUT2D eigenvalue weighted by molar-refractivity contribution is 4.94. The Bertz CT molecular complexity index is 318. The molecule has 0 bridgehead atoms. The second-order valence-corrected chi connectivity index (χ2v) is 6.90. The molecule has 0 aromatic carbocycles. The lowest BCUT2D eigenvalue weighted by Gasteiger charge is -2.32. The van der Waals surface area contributed by atoms with E-state index in [2.05, 4.69) is 16.3 Å². The van der Waals surface area contributed by atoms with Crippen LogP contribution in [-0.4, -0.2) is 36.6 Å². The fourth-order valence-electron chi connectivity index (χ4n) is 3.52. The van der Waals surface area contributed by atoms with Gasteiger partial charge in [-0.2, -0.15) is 5.26 Å². The Morgan fingerprint density at radius 1 is 1.21 bits per heavy atom. The van der Waals surface area contributed by atoms with E-state index >= 15 is 0 Å². The highest BCUT2D eigenvalue weighted by atomic mass is 15.2. The largest absolute Gasteiger partial charge is 0.312 e. The van der Waals surface area contributed by atoms with Crippen molar-refractivity contribution in [1.29, 1.82) is 5.26 Å². The Morgan fingerprint density at radius 3 is 2.84 bits per heavy atom. The summed E-state index contributed by atoms with van der Waals surface area (Å²) in [6.45, 7) is 7.81. The predicted molar refractivity (Wildman–Crippen MR) is 78.9 cm³/mol. The second-order valence-electron chi connectivity index (χ2n) is 6.90. The summed E-state index contributed by atoms with van der Waals surface area (Å²) in [5.74, 6) is 0. The molecule has 0 aliphatic carbocycles. The van der Waals surface area contributed by atoms with Gasteiger partial charge < -0.3 is 5.32 Å². The first kappa shape index (κ1) is 14.8. The summed E-state index contributed by atoms with van der Waals surface area (Å²) >= 11 is 0. The van der Waals surface area contributed by atoms with Crippen LogP contribution in [0.5, 0.6) is 0 Å². The van der Waals surface area contributed by atoms with E-state index in [9.17, 15) is 0 Å². The molecule has 1 N–H and O–H groups in total. The zero-order chi connectivity index (χ0) is 13.7. The Morgan fingerprint density at radius 2 is 2.05 bits per heavy atom. The first-order valence-electron chi connectivity index (χ1n) is 8.01. The number of unbranched alkanes of at least 4 members (excludes halogenated alkanes) is 1. The van der Waals surface area contributed by atoms with Crippen molar-refractivity contribution in [1.82, 2.24) is 10.2 Å². The van der Waals surface area contributed by atoms with Crippen LogP contribution < -0.4 is 5.32 Å². The van der Waals surface area contributed by atoms with E-state index in [0.717, 1.165) is 31.5 Å². The maximum absolute atomic E-state index is 8.98. The summed E-state index contributed by atoms with van der Waals surface area (Å²) in [4.78, 5) is 2.68. The molecule has 0 saturated carbocycles. The van der Waals surface area contributed by atoms with E-state index in [-0.39, 0.29) is 5.41 Å². The SMILES string of the molecule is CC(C)(C#N)CCCCNC1CCN2CCCCC12. The Labute approximate surface area is 118 Å². The van der Waals surface area contributed by atoms with Gasteiger partial charge in [-0.3, -0.25) is 4.90 Å². The molecular formula is C16H29N3. The lowest BCUT2D eigenvalue weighted by Crippen LogP contribution is -2.45. The predicted octanol–water partition coefficient (Wildman–Crippen LogP) is 2.92. The van der Waals surface area contributed by atoms with Gasteiger partial charge in [-0.25, -0.2) is 0 Å². The first-order chi connectivity index (χ1) is 9.12. The molecule has 3 nitrogen and oxygen atoms in total. The van der Waals surface area contributed by atoms with Crippen LogP contribution in [0.1, 0.15) is 58.8 Å². The number of nitrogens with zero attached hydrogens (tertiary/aromatic N) is 2. The fourth-order valence-corrected chi connectivity index (χ4v) is 3.52. The number of nitrogens with one attached hydrogen (secondary N) is 1. The highest BCUT2D eigenvalue weighted by Gasteiger charge is 2.34. The second kappa shape index (κ2) is 6.72. The Hall–Kier alpha value is -0.590. The van der Waals surface area contributed by atoms with E-state index in [1.54, 1.807) is 0 Å². The van der Waals surface area contributed by atoms with Crippen molar-refractivity contribution in [2.45, 2.75) is 70.9 Å². The minimum absolute atomic E-state index is 0.145. The smallest absolute Gasteiger partial charge is 0.0683 e. The summed E-state index contributed by atoms with van der Waals surface area (Å²) in [5.41, 5.74) is -0.145. The number of rotatable bonds is 6. The van der Waals surface area contributed by atoms with E-state index in [1.165, 1.54) is 45.2 Å². The summed E-state index contributed by atoms with van der Waals surface area (Å²) in [6, 6.07) is 3.92. The Balaban J connectivity index is 1.60. The molecule has 2 aliphatic rings. The van der Waals surface area contributed by atoms with Gasteiger partial charge in [0.05, 0.1) is 11.5 Å². The molecule has 2 heterocycles. The maximum atomic E-state index is 8.98. The molecule has 0 amide bonds. The van der Waals surface area contributed by atoms with Gasteiger partial charge in [0.25, 0.3) is 0 Å². The molecule has 0 radical (unpaired) electrons. The zero-order valence-electron chi connectivity index (χ0n) is 12.6. The molecule has 2 atom stereocenters. The van der Waals surface area contributed by atoms with Crippen LogP contribution in [0.2, 0.25) is 0 Å². The van der Waals surface area contributed by atoms with Crippen molar-refractivity contribution in [2.24, 2.45) is 5.41 Å². The number of hydrogen-bond acceptors (Lipinski definition) is 3. The van der Waals surface area contributed by atoms with Gasteiger partial charge in [-0.15, -0.1) is 0 Å². The van der Waals surface area contributed by atoms with Gasteiger partial charge in [0, 0.05) is 18.6 Å². The monoisotopic (exact) mass is 263 g/mol. The first-order valence-corrected chi connectivity index (χ1v) is 8.01. The number of fused-ring (bicyclic) bond motifs is 1. The minimum atomic E-state index is -0.145. The molecule has 2 aliphatic heterocycles. The molecule has 3 heteroatoms. The third-order valence-corrected chi connectivity index (χ3v) is 4.79. The molecule has 0 aromatic heterocycles.